The number of hydrogen-bond donors (Lipinski definition) is 0. The molecule has 1 saturated heterocycles. The number of rotatable bonds is 7. The molecule has 1 fully saturated rings. The molecule has 31 heavy (non-hydrogen) atoms. The topological polar surface area (TPSA) is 108 Å². The first-order valence-electron chi connectivity index (χ1n) is 9.79. The third-order valence-electron chi connectivity index (χ3n) is 5.31. The van der Waals surface area contributed by atoms with Gasteiger partial charge in [0.2, 0.25) is 5.78 Å². The molecule has 0 spiro atoms. The van der Waals surface area contributed by atoms with Crippen molar-refractivity contribution >= 4 is 44.5 Å². The average molecular weight is 463 g/mol. The molecule has 1 aliphatic rings. The Labute approximate surface area is 183 Å². The van der Waals surface area contributed by atoms with Gasteiger partial charge in [0.25, 0.3) is 5.22 Å². The van der Waals surface area contributed by atoms with Gasteiger partial charge in [-0.15, -0.1) is 0 Å². The van der Waals surface area contributed by atoms with Crippen LogP contribution in [0.2, 0.25) is 0 Å². The Morgan fingerprint density at radius 2 is 2.06 bits per heavy atom. The molecule has 1 atom stereocenters. The first-order chi connectivity index (χ1) is 14.7. The van der Waals surface area contributed by atoms with Crippen molar-refractivity contribution in [3.8, 4) is 0 Å². The lowest BCUT2D eigenvalue weighted by atomic mass is 10.1. The Morgan fingerprint density at radius 1 is 1.29 bits per heavy atom. The van der Waals surface area contributed by atoms with Crippen molar-refractivity contribution in [1.29, 1.82) is 0 Å². The molecule has 0 saturated carbocycles. The van der Waals surface area contributed by atoms with Crippen molar-refractivity contribution < 1.29 is 27.2 Å². The van der Waals surface area contributed by atoms with E-state index in [4.69, 9.17) is 9.15 Å². The van der Waals surface area contributed by atoms with E-state index in [1.54, 1.807) is 19.1 Å². The van der Waals surface area contributed by atoms with E-state index in [1.807, 2.05) is 29.7 Å². The van der Waals surface area contributed by atoms with Gasteiger partial charge in [-0.25, -0.2) is 13.4 Å². The summed E-state index contributed by atoms with van der Waals surface area (Å²) >= 11 is 1.10. The number of aryl methyl sites for hydroxylation is 1. The molecule has 0 radical (unpaired) electrons. The number of sulfone groups is 1. The second-order valence-electron chi connectivity index (χ2n) is 7.53. The van der Waals surface area contributed by atoms with E-state index in [9.17, 15) is 18.0 Å². The summed E-state index contributed by atoms with van der Waals surface area (Å²) in [6.07, 6.45) is 0.536. The Morgan fingerprint density at radius 3 is 2.77 bits per heavy atom. The van der Waals surface area contributed by atoms with Crippen LogP contribution in [0.3, 0.4) is 0 Å². The number of benzene rings is 1. The van der Waals surface area contributed by atoms with E-state index in [0.717, 1.165) is 17.5 Å². The minimum absolute atomic E-state index is 0.0287. The molecule has 2 aromatic heterocycles. The number of thioether (sulfide) groups is 1. The monoisotopic (exact) mass is 462 g/mol. The number of ketones is 1. The third kappa shape index (κ3) is 4.69. The van der Waals surface area contributed by atoms with Crippen molar-refractivity contribution in [3.63, 3.8) is 0 Å². The van der Waals surface area contributed by atoms with E-state index in [1.165, 1.54) is 0 Å². The highest BCUT2D eigenvalue weighted by Crippen LogP contribution is 2.29. The maximum Gasteiger partial charge on any atom is 0.316 e. The van der Waals surface area contributed by atoms with Crippen LogP contribution in [0.5, 0.6) is 0 Å². The molecule has 3 heterocycles. The fourth-order valence-electron chi connectivity index (χ4n) is 3.90. The van der Waals surface area contributed by atoms with Crippen molar-refractivity contribution in [3.05, 3.63) is 47.3 Å². The van der Waals surface area contributed by atoms with Gasteiger partial charge >= 0.3 is 5.97 Å². The van der Waals surface area contributed by atoms with Gasteiger partial charge in [-0.1, -0.05) is 23.9 Å². The van der Waals surface area contributed by atoms with E-state index >= 15 is 0 Å². The van der Waals surface area contributed by atoms with Crippen LogP contribution in [0.1, 0.15) is 34.2 Å². The molecule has 4 rings (SSSR count). The second kappa shape index (κ2) is 8.51. The summed E-state index contributed by atoms with van der Waals surface area (Å²) in [6, 6.07) is 8.86. The molecule has 0 amide bonds. The number of esters is 1. The number of hydrogen-bond acceptors (Lipinski definition) is 8. The lowest BCUT2D eigenvalue weighted by Crippen LogP contribution is -2.17. The fourth-order valence-corrected chi connectivity index (χ4v) is 6.24. The van der Waals surface area contributed by atoms with E-state index in [2.05, 4.69) is 4.98 Å². The maximum absolute atomic E-state index is 12.6. The standard InChI is InChI=1S/C21H22N2O6S2/c1-13-9-16(14(2)23(13)15-7-8-31(26,27)12-15)18(24)10-28-20(25)11-30-21-22-17-5-3-4-6-19(17)29-21/h3-6,9,15H,7-8,10-12H2,1-2H3/t15-/m0/s1. The van der Waals surface area contributed by atoms with Crippen LogP contribution < -0.4 is 0 Å². The largest absolute Gasteiger partial charge is 0.457 e. The number of nitrogens with zero attached hydrogens (tertiary/aromatic N) is 2. The van der Waals surface area contributed by atoms with Gasteiger partial charge in [0.15, 0.2) is 22.0 Å². The molecule has 0 bridgehead atoms. The van der Waals surface area contributed by atoms with Gasteiger partial charge in [-0.3, -0.25) is 9.59 Å². The molecule has 10 heteroatoms. The van der Waals surface area contributed by atoms with Crippen molar-refractivity contribution in [2.45, 2.75) is 31.5 Å². The summed E-state index contributed by atoms with van der Waals surface area (Å²) in [4.78, 5) is 29.0. The summed E-state index contributed by atoms with van der Waals surface area (Å²) in [6.45, 7) is 3.26. The van der Waals surface area contributed by atoms with Gasteiger partial charge in [0, 0.05) is 23.0 Å². The number of carbonyl (C=O) groups excluding carboxylic acids is 2. The third-order valence-corrected chi connectivity index (χ3v) is 7.86. The first kappa shape index (κ1) is 21.6. The predicted octanol–water partition coefficient (Wildman–Crippen LogP) is 3.12. The molecular weight excluding hydrogens is 440 g/mol. The summed E-state index contributed by atoms with van der Waals surface area (Å²) in [5, 5.41) is 0.361. The Hall–Kier alpha value is -2.59. The van der Waals surface area contributed by atoms with Crippen molar-refractivity contribution in [1.82, 2.24) is 9.55 Å². The highest BCUT2D eigenvalue weighted by molar-refractivity contribution is 7.99. The molecule has 8 nitrogen and oxygen atoms in total. The zero-order valence-electron chi connectivity index (χ0n) is 17.2. The summed E-state index contributed by atoms with van der Waals surface area (Å²) in [5.41, 5.74) is 3.31. The fraction of sp³-hybridized carbons (Fsp3) is 0.381. The molecule has 164 valence electrons. The minimum Gasteiger partial charge on any atom is -0.457 e. The number of aromatic nitrogens is 2. The van der Waals surface area contributed by atoms with Crippen LogP contribution in [0.15, 0.2) is 40.0 Å². The highest BCUT2D eigenvalue weighted by atomic mass is 32.2. The lowest BCUT2D eigenvalue weighted by molar-refractivity contribution is -0.139. The van der Waals surface area contributed by atoms with E-state index in [-0.39, 0.29) is 35.7 Å². The molecule has 1 aliphatic heterocycles. The van der Waals surface area contributed by atoms with Crippen molar-refractivity contribution in [2.24, 2.45) is 0 Å². The molecular formula is C21H22N2O6S2. The van der Waals surface area contributed by atoms with E-state index in [0.29, 0.717) is 34.0 Å². The van der Waals surface area contributed by atoms with Crippen LogP contribution in [0, 0.1) is 13.8 Å². The minimum atomic E-state index is -3.04. The summed E-state index contributed by atoms with van der Waals surface area (Å²) in [7, 11) is -3.04. The van der Waals surface area contributed by atoms with Gasteiger partial charge < -0.3 is 13.7 Å². The van der Waals surface area contributed by atoms with Crippen LogP contribution in [0.25, 0.3) is 11.1 Å². The van der Waals surface area contributed by atoms with Crippen LogP contribution in [0.4, 0.5) is 0 Å². The predicted molar refractivity (Wildman–Crippen MR) is 116 cm³/mol. The molecule has 0 unspecified atom stereocenters. The van der Waals surface area contributed by atoms with Crippen LogP contribution in [-0.2, 0) is 19.4 Å². The maximum atomic E-state index is 12.6. The van der Waals surface area contributed by atoms with Gasteiger partial charge in [0.1, 0.15) is 11.3 Å². The number of Topliss-reactive ketones (excluding diaryl/α,β-unsaturated/α-hetero) is 1. The summed E-state index contributed by atoms with van der Waals surface area (Å²) in [5.74, 6) is -0.650. The van der Waals surface area contributed by atoms with E-state index < -0.39 is 15.8 Å². The smallest absolute Gasteiger partial charge is 0.316 e. The zero-order valence-corrected chi connectivity index (χ0v) is 18.8. The SMILES string of the molecule is Cc1cc(C(=O)COC(=O)CSc2nc3ccccc3o2)c(C)n1[C@H]1CCS(=O)(=O)C1. The van der Waals surface area contributed by atoms with Crippen LogP contribution >= 0.6 is 11.8 Å². The highest BCUT2D eigenvalue weighted by Gasteiger charge is 2.31. The zero-order chi connectivity index (χ0) is 22.2. The second-order valence-corrected chi connectivity index (χ2v) is 10.7. The van der Waals surface area contributed by atoms with Gasteiger partial charge in [-0.2, -0.15) is 0 Å². The van der Waals surface area contributed by atoms with Gasteiger partial charge in [0.05, 0.1) is 11.5 Å². The average Bonchev–Trinajstić information content (AvgIpc) is 3.38. The molecule has 3 aromatic rings. The molecule has 0 aliphatic carbocycles. The van der Waals surface area contributed by atoms with Crippen molar-refractivity contribution in [2.75, 3.05) is 23.9 Å². The Balaban J connectivity index is 1.34. The number of oxazole rings is 1. The lowest BCUT2D eigenvalue weighted by Gasteiger charge is -2.16. The summed E-state index contributed by atoms with van der Waals surface area (Å²) < 4.78 is 36.2. The quantitative estimate of drug-likeness (QED) is 0.299. The molecule has 1 aromatic carbocycles. The number of carbonyl (C=O) groups is 2. The Kier molecular flexibility index (Phi) is 5.94. The Bertz CT molecular complexity index is 1230. The number of fused-ring (bicyclic) bond motifs is 1. The van der Waals surface area contributed by atoms with Gasteiger partial charge in [-0.05, 0) is 38.5 Å². The normalized spacial score (nSPS) is 17.8. The first-order valence-corrected chi connectivity index (χ1v) is 12.6. The van der Waals surface area contributed by atoms with Crippen LogP contribution in [-0.4, -0.2) is 53.6 Å². The number of ether oxygens (including phenoxy) is 1. The molecule has 0 N–H and O–H groups in total. The number of para-hydroxylation sites is 2.